The molecule has 0 saturated heterocycles. The normalized spacial score (nSPS) is 33.5. The van der Waals surface area contributed by atoms with Crippen molar-refractivity contribution in [1.82, 2.24) is 10.6 Å². The molecule has 0 aromatic heterocycles. The van der Waals surface area contributed by atoms with Crippen LogP contribution in [0.15, 0.2) is 11.8 Å². The Hall–Kier alpha value is -0.990. The van der Waals surface area contributed by atoms with E-state index in [0.29, 0.717) is 12.0 Å². The van der Waals surface area contributed by atoms with Gasteiger partial charge in [-0.3, -0.25) is 4.79 Å². The number of nitrogens with one attached hydrogen (secondary N) is 2. The molecule has 1 aliphatic carbocycles. The average molecular weight is 236 g/mol. The second-order valence-corrected chi connectivity index (χ2v) is 5.63. The zero-order valence-corrected chi connectivity index (χ0v) is 11.0. The Morgan fingerprint density at radius 1 is 1.35 bits per heavy atom. The summed E-state index contributed by atoms with van der Waals surface area (Å²) < 4.78 is 0. The summed E-state index contributed by atoms with van der Waals surface area (Å²) in [7, 11) is 0. The summed E-state index contributed by atoms with van der Waals surface area (Å²) in [5.74, 6) is 1.58. The van der Waals surface area contributed by atoms with E-state index in [-0.39, 0.29) is 5.91 Å². The maximum absolute atomic E-state index is 11.0. The molecule has 3 nitrogen and oxygen atoms in total. The Kier molecular flexibility index (Phi) is 4.08. The number of hydrogen-bond acceptors (Lipinski definition) is 2. The molecule has 1 unspecified atom stereocenters. The molecule has 0 radical (unpaired) electrons. The maximum atomic E-state index is 11.0. The molecule has 1 saturated carbocycles. The number of amides is 1. The summed E-state index contributed by atoms with van der Waals surface area (Å²) in [6.07, 6.45) is 8.26. The lowest BCUT2D eigenvalue weighted by molar-refractivity contribution is -0.119. The first-order chi connectivity index (χ1) is 8.15. The number of hydrogen-bond donors (Lipinski definition) is 2. The minimum atomic E-state index is 0.109. The van der Waals surface area contributed by atoms with Gasteiger partial charge in [-0.1, -0.05) is 13.0 Å². The van der Waals surface area contributed by atoms with Gasteiger partial charge in [0.15, 0.2) is 0 Å². The SMILES string of the molecule is CC(=O)NC1CCC(C2=CCC(C)CN2)CC1. The minimum absolute atomic E-state index is 0.109. The van der Waals surface area contributed by atoms with Gasteiger partial charge in [0.25, 0.3) is 0 Å². The standard InChI is InChI=1S/C14H24N2O/c1-10-3-8-14(15-9-10)12-4-6-13(7-5-12)16-11(2)17/h8,10,12-13,15H,3-7,9H2,1-2H3,(H,16,17). The predicted octanol–water partition coefficient (Wildman–Crippen LogP) is 2.19. The minimum Gasteiger partial charge on any atom is -0.388 e. The molecule has 1 heterocycles. The monoisotopic (exact) mass is 236 g/mol. The molecule has 0 spiro atoms. The largest absolute Gasteiger partial charge is 0.388 e. The topological polar surface area (TPSA) is 41.1 Å². The lowest BCUT2D eigenvalue weighted by Gasteiger charge is -2.33. The highest BCUT2D eigenvalue weighted by atomic mass is 16.1. The van der Waals surface area contributed by atoms with Gasteiger partial charge >= 0.3 is 0 Å². The third-order valence-electron chi connectivity index (χ3n) is 3.97. The van der Waals surface area contributed by atoms with E-state index >= 15 is 0 Å². The smallest absolute Gasteiger partial charge is 0.217 e. The molecule has 2 N–H and O–H groups in total. The van der Waals surface area contributed by atoms with Crippen molar-refractivity contribution in [2.24, 2.45) is 11.8 Å². The third-order valence-corrected chi connectivity index (χ3v) is 3.97. The van der Waals surface area contributed by atoms with Crippen molar-refractivity contribution in [1.29, 1.82) is 0 Å². The zero-order valence-electron chi connectivity index (χ0n) is 11.0. The van der Waals surface area contributed by atoms with E-state index in [9.17, 15) is 4.79 Å². The van der Waals surface area contributed by atoms with Crippen molar-refractivity contribution < 1.29 is 4.79 Å². The molecule has 2 aliphatic rings. The molecule has 0 bridgehead atoms. The van der Waals surface area contributed by atoms with Crippen molar-refractivity contribution in [2.75, 3.05) is 6.54 Å². The summed E-state index contributed by atoms with van der Waals surface area (Å²) in [6, 6.07) is 0.409. The fourth-order valence-electron chi connectivity index (χ4n) is 2.92. The summed E-state index contributed by atoms with van der Waals surface area (Å²) in [5.41, 5.74) is 1.46. The Morgan fingerprint density at radius 3 is 2.59 bits per heavy atom. The molecule has 1 fully saturated rings. The van der Waals surface area contributed by atoms with Crippen molar-refractivity contribution in [3.05, 3.63) is 11.8 Å². The first-order valence-electron chi connectivity index (χ1n) is 6.86. The van der Waals surface area contributed by atoms with Crippen LogP contribution in [0, 0.1) is 11.8 Å². The second-order valence-electron chi connectivity index (χ2n) is 5.63. The van der Waals surface area contributed by atoms with Crippen LogP contribution in [0.3, 0.4) is 0 Å². The van der Waals surface area contributed by atoms with Crippen molar-refractivity contribution in [3.8, 4) is 0 Å². The number of carbonyl (C=O) groups is 1. The Balaban J connectivity index is 1.81. The van der Waals surface area contributed by atoms with E-state index in [1.165, 1.54) is 25.0 Å². The van der Waals surface area contributed by atoms with Crippen LogP contribution in [0.1, 0.15) is 46.0 Å². The average Bonchev–Trinajstić information content (AvgIpc) is 2.30. The first kappa shape index (κ1) is 12.5. The third kappa shape index (κ3) is 3.48. The molecule has 1 aliphatic heterocycles. The van der Waals surface area contributed by atoms with Gasteiger partial charge in [0.1, 0.15) is 0 Å². The van der Waals surface area contributed by atoms with Crippen LogP contribution in [0.4, 0.5) is 0 Å². The Morgan fingerprint density at radius 2 is 2.06 bits per heavy atom. The fourth-order valence-corrected chi connectivity index (χ4v) is 2.92. The fraction of sp³-hybridized carbons (Fsp3) is 0.786. The maximum Gasteiger partial charge on any atom is 0.217 e. The quantitative estimate of drug-likeness (QED) is 0.771. The molecule has 1 amide bonds. The molecule has 0 aromatic carbocycles. The molecular weight excluding hydrogens is 212 g/mol. The van der Waals surface area contributed by atoms with Crippen LogP contribution in [-0.2, 0) is 4.79 Å². The van der Waals surface area contributed by atoms with Crippen LogP contribution in [-0.4, -0.2) is 18.5 Å². The summed E-state index contributed by atoms with van der Waals surface area (Å²) >= 11 is 0. The lowest BCUT2D eigenvalue weighted by Crippen LogP contribution is -2.38. The Labute approximate surface area is 104 Å². The zero-order chi connectivity index (χ0) is 12.3. The Bertz CT molecular complexity index is 303. The lowest BCUT2D eigenvalue weighted by atomic mass is 9.82. The van der Waals surface area contributed by atoms with Gasteiger partial charge in [-0.05, 0) is 43.9 Å². The van der Waals surface area contributed by atoms with Crippen molar-refractivity contribution in [3.63, 3.8) is 0 Å². The highest BCUT2D eigenvalue weighted by Crippen LogP contribution is 2.30. The highest BCUT2D eigenvalue weighted by molar-refractivity contribution is 5.73. The molecule has 96 valence electrons. The number of rotatable bonds is 2. The van der Waals surface area contributed by atoms with Crippen molar-refractivity contribution >= 4 is 5.91 Å². The van der Waals surface area contributed by atoms with Crippen LogP contribution in [0.2, 0.25) is 0 Å². The van der Waals surface area contributed by atoms with Gasteiger partial charge in [0.2, 0.25) is 5.91 Å². The number of allylic oxidation sites excluding steroid dienone is 2. The molecule has 3 heteroatoms. The van der Waals surface area contributed by atoms with Gasteiger partial charge in [0, 0.05) is 25.2 Å². The molecular formula is C14H24N2O. The van der Waals surface area contributed by atoms with E-state index in [2.05, 4.69) is 23.6 Å². The predicted molar refractivity (Wildman–Crippen MR) is 69.4 cm³/mol. The van der Waals surface area contributed by atoms with Gasteiger partial charge in [-0.25, -0.2) is 0 Å². The van der Waals surface area contributed by atoms with E-state index in [0.717, 1.165) is 25.3 Å². The summed E-state index contributed by atoms with van der Waals surface area (Å²) in [5, 5.41) is 6.60. The van der Waals surface area contributed by atoms with E-state index < -0.39 is 0 Å². The van der Waals surface area contributed by atoms with Crippen LogP contribution in [0.5, 0.6) is 0 Å². The van der Waals surface area contributed by atoms with Crippen LogP contribution >= 0.6 is 0 Å². The molecule has 1 atom stereocenters. The van der Waals surface area contributed by atoms with Gasteiger partial charge < -0.3 is 10.6 Å². The van der Waals surface area contributed by atoms with Crippen molar-refractivity contribution in [2.45, 2.75) is 52.0 Å². The number of carbonyl (C=O) groups excluding carboxylic acids is 1. The molecule has 17 heavy (non-hydrogen) atoms. The summed E-state index contributed by atoms with van der Waals surface area (Å²) in [4.78, 5) is 11.0. The van der Waals surface area contributed by atoms with Gasteiger partial charge in [-0.15, -0.1) is 0 Å². The first-order valence-corrected chi connectivity index (χ1v) is 6.86. The van der Waals surface area contributed by atoms with Crippen LogP contribution < -0.4 is 10.6 Å². The van der Waals surface area contributed by atoms with E-state index in [1.54, 1.807) is 6.92 Å². The van der Waals surface area contributed by atoms with E-state index in [4.69, 9.17) is 0 Å². The van der Waals surface area contributed by atoms with Gasteiger partial charge in [0.05, 0.1) is 0 Å². The summed E-state index contributed by atoms with van der Waals surface area (Å²) in [6.45, 7) is 5.02. The van der Waals surface area contributed by atoms with Crippen LogP contribution in [0.25, 0.3) is 0 Å². The second kappa shape index (κ2) is 5.56. The van der Waals surface area contributed by atoms with Gasteiger partial charge in [-0.2, -0.15) is 0 Å². The molecule has 0 aromatic rings. The highest BCUT2D eigenvalue weighted by Gasteiger charge is 2.25. The molecule has 2 rings (SSSR count). The van der Waals surface area contributed by atoms with E-state index in [1.807, 2.05) is 0 Å².